The van der Waals surface area contributed by atoms with Crippen molar-refractivity contribution in [2.24, 2.45) is 23.5 Å². The largest absolute Gasteiger partial charge is 0.366 e. The van der Waals surface area contributed by atoms with E-state index in [1.54, 1.807) is 0 Å². The second-order valence-electron chi connectivity index (χ2n) is 9.06. The van der Waals surface area contributed by atoms with Crippen LogP contribution in [0.4, 0.5) is 0 Å². The Bertz CT molecular complexity index is 700. The van der Waals surface area contributed by atoms with Crippen molar-refractivity contribution in [3.8, 4) is 0 Å². The van der Waals surface area contributed by atoms with Gasteiger partial charge in [-0.2, -0.15) is 0 Å². The number of carbonyl (C=O) groups excluding carboxylic acids is 2. The van der Waals surface area contributed by atoms with Gasteiger partial charge in [0.05, 0.1) is 0 Å². The van der Waals surface area contributed by atoms with Crippen LogP contribution in [0.1, 0.15) is 54.4 Å². The van der Waals surface area contributed by atoms with E-state index in [0.29, 0.717) is 29.2 Å². The minimum absolute atomic E-state index is 0.339. The van der Waals surface area contributed by atoms with Gasteiger partial charge in [-0.05, 0) is 61.6 Å². The molecule has 0 radical (unpaired) electrons. The van der Waals surface area contributed by atoms with Crippen molar-refractivity contribution in [3.05, 3.63) is 35.4 Å². The maximum absolute atomic E-state index is 12.6. The van der Waals surface area contributed by atoms with Gasteiger partial charge in [0.2, 0.25) is 11.8 Å². The topological polar surface area (TPSA) is 66.6 Å². The van der Waals surface area contributed by atoms with Gasteiger partial charge in [0.25, 0.3) is 0 Å². The van der Waals surface area contributed by atoms with Gasteiger partial charge in [-0.25, -0.2) is 0 Å². The van der Waals surface area contributed by atoms with Crippen molar-refractivity contribution in [2.75, 3.05) is 32.7 Å². The molecular formula is C23H33N3O2. The summed E-state index contributed by atoms with van der Waals surface area (Å²) in [7, 11) is 0. The van der Waals surface area contributed by atoms with Crippen molar-refractivity contribution < 1.29 is 9.59 Å². The highest BCUT2D eigenvalue weighted by Crippen LogP contribution is 2.33. The van der Waals surface area contributed by atoms with Crippen LogP contribution in [0, 0.1) is 17.8 Å². The van der Waals surface area contributed by atoms with Crippen LogP contribution in [0.2, 0.25) is 0 Å². The lowest BCUT2D eigenvalue weighted by Gasteiger charge is -2.23. The molecule has 1 aromatic carbocycles. The number of nitrogens with zero attached hydrogens (tertiary/aromatic N) is 2. The van der Waals surface area contributed by atoms with Crippen LogP contribution >= 0.6 is 0 Å². The van der Waals surface area contributed by atoms with Gasteiger partial charge in [-0.1, -0.05) is 31.0 Å². The molecule has 1 unspecified atom stereocenters. The van der Waals surface area contributed by atoms with Crippen molar-refractivity contribution in [1.82, 2.24) is 9.80 Å². The first-order valence-electron chi connectivity index (χ1n) is 11.0. The Balaban J connectivity index is 1.20. The third-order valence-electron chi connectivity index (χ3n) is 7.06. The normalized spacial score (nSPS) is 25.4. The van der Waals surface area contributed by atoms with Crippen molar-refractivity contribution in [2.45, 2.75) is 44.9 Å². The third-order valence-corrected chi connectivity index (χ3v) is 7.06. The highest BCUT2D eigenvalue weighted by Gasteiger charge is 2.41. The molecule has 2 amide bonds. The summed E-state index contributed by atoms with van der Waals surface area (Å²) in [6.07, 6.45) is 7.82. The molecule has 1 aromatic rings. The number of primary amides is 1. The first-order chi connectivity index (χ1) is 13.6. The van der Waals surface area contributed by atoms with E-state index < -0.39 is 0 Å². The van der Waals surface area contributed by atoms with Crippen LogP contribution < -0.4 is 5.73 Å². The molecule has 1 saturated carbocycles. The SMILES string of the molecule is NC(=O)c1ccccc1CCCN1CC2CN(C(=O)CC3CCCC3)C[C@@H]2C1. The van der Waals surface area contributed by atoms with E-state index in [4.69, 9.17) is 5.73 Å². The molecule has 3 fully saturated rings. The highest BCUT2D eigenvalue weighted by molar-refractivity contribution is 5.94. The van der Waals surface area contributed by atoms with E-state index >= 15 is 0 Å². The zero-order chi connectivity index (χ0) is 19.5. The minimum atomic E-state index is -0.339. The maximum Gasteiger partial charge on any atom is 0.248 e. The van der Waals surface area contributed by atoms with E-state index in [9.17, 15) is 9.59 Å². The lowest BCUT2D eigenvalue weighted by atomic mass is 10.0. The van der Waals surface area contributed by atoms with Crippen molar-refractivity contribution >= 4 is 11.8 Å². The van der Waals surface area contributed by atoms with Crippen LogP contribution in [0.3, 0.4) is 0 Å². The monoisotopic (exact) mass is 383 g/mol. The molecule has 1 aliphatic carbocycles. The molecule has 152 valence electrons. The standard InChI is InChI=1S/C23H33N3O2/c24-23(28)21-10-4-3-8-18(21)9-5-11-25-13-19-15-26(16-20(19)14-25)22(27)12-17-6-1-2-7-17/h3-4,8,10,17,19-20H,1-2,5-7,9,11-16H2,(H2,24,28)/t19-,20?/m0/s1. The van der Waals surface area contributed by atoms with Gasteiger partial charge in [0, 0.05) is 38.2 Å². The number of benzene rings is 1. The fourth-order valence-electron chi connectivity index (χ4n) is 5.54. The lowest BCUT2D eigenvalue weighted by molar-refractivity contribution is -0.131. The molecule has 0 aromatic heterocycles. The molecule has 2 saturated heterocycles. The number of rotatable bonds is 7. The molecule has 5 nitrogen and oxygen atoms in total. The van der Waals surface area contributed by atoms with E-state index in [1.165, 1.54) is 25.7 Å². The van der Waals surface area contributed by atoms with Crippen molar-refractivity contribution in [1.29, 1.82) is 0 Å². The van der Waals surface area contributed by atoms with Gasteiger partial charge in [0.1, 0.15) is 0 Å². The Morgan fingerprint density at radius 2 is 1.68 bits per heavy atom. The summed E-state index contributed by atoms with van der Waals surface area (Å²) in [6, 6.07) is 7.66. The Labute approximate surface area is 168 Å². The number of amides is 2. The first-order valence-corrected chi connectivity index (χ1v) is 11.0. The second kappa shape index (κ2) is 8.64. The maximum atomic E-state index is 12.6. The molecule has 28 heavy (non-hydrogen) atoms. The summed E-state index contributed by atoms with van der Waals surface area (Å²) < 4.78 is 0. The number of hydrogen-bond acceptors (Lipinski definition) is 3. The molecule has 4 rings (SSSR count). The quantitative estimate of drug-likeness (QED) is 0.787. The van der Waals surface area contributed by atoms with Gasteiger partial charge in [-0.3, -0.25) is 9.59 Å². The molecule has 0 spiro atoms. The van der Waals surface area contributed by atoms with Gasteiger partial charge in [0.15, 0.2) is 0 Å². The zero-order valence-corrected chi connectivity index (χ0v) is 16.8. The van der Waals surface area contributed by atoms with E-state index in [0.717, 1.165) is 57.5 Å². The number of aryl methyl sites for hydroxylation is 1. The third kappa shape index (κ3) is 4.40. The Morgan fingerprint density at radius 3 is 2.36 bits per heavy atom. The van der Waals surface area contributed by atoms with Crippen LogP contribution in [0.15, 0.2) is 24.3 Å². The predicted molar refractivity (Wildman–Crippen MR) is 110 cm³/mol. The molecule has 2 atom stereocenters. The Morgan fingerprint density at radius 1 is 1.00 bits per heavy atom. The van der Waals surface area contributed by atoms with Gasteiger partial charge >= 0.3 is 0 Å². The van der Waals surface area contributed by atoms with E-state index in [1.807, 2.05) is 24.3 Å². The second-order valence-corrected chi connectivity index (χ2v) is 9.06. The Kier molecular flexibility index (Phi) is 6.00. The predicted octanol–water partition coefficient (Wildman–Crippen LogP) is 2.69. The molecular weight excluding hydrogens is 350 g/mol. The number of carbonyl (C=O) groups is 2. The molecule has 2 N–H and O–H groups in total. The summed E-state index contributed by atoms with van der Waals surface area (Å²) >= 11 is 0. The molecule has 2 aliphatic heterocycles. The minimum Gasteiger partial charge on any atom is -0.366 e. The van der Waals surface area contributed by atoms with E-state index in [-0.39, 0.29) is 5.91 Å². The summed E-state index contributed by atoms with van der Waals surface area (Å²) in [6.45, 7) is 5.18. The summed E-state index contributed by atoms with van der Waals surface area (Å²) in [5.74, 6) is 1.99. The number of hydrogen-bond donors (Lipinski definition) is 1. The highest BCUT2D eigenvalue weighted by atomic mass is 16.2. The molecule has 0 bridgehead atoms. The lowest BCUT2D eigenvalue weighted by Crippen LogP contribution is -2.34. The molecule has 3 aliphatic rings. The summed E-state index contributed by atoms with van der Waals surface area (Å²) in [5, 5.41) is 0. The first kappa shape index (κ1) is 19.4. The average molecular weight is 384 g/mol. The number of likely N-dealkylation sites (tertiary alicyclic amines) is 2. The van der Waals surface area contributed by atoms with Gasteiger partial charge < -0.3 is 15.5 Å². The van der Waals surface area contributed by atoms with E-state index in [2.05, 4.69) is 9.80 Å². The summed E-state index contributed by atoms with van der Waals surface area (Å²) in [5.41, 5.74) is 7.18. The molecule has 5 heteroatoms. The smallest absolute Gasteiger partial charge is 0.248 e. The van der Waals surface area contributed by atoms with Crippen LogP contribution in [-0.2, 0) is 11.2 Å². The number of fused-ring (bicyclic) bond motifs is 1. The average Bonchev–Trinajstić information content (AvgIpc) is 3.38. The zero-order valence-electron chi connectivity index (χ0n) is 16.8. The van der Waals surface area contributed by atoms with Crippen LogP contribution in [0.25, 0.3) is 0 Å². The summed E-state index contributed by atoms with van der Waals surface area (Å²) in [4.78, 5) is 28.8. The van der Waals surface area contributed by atoms with Gasteiger partial charge in [-0.15, -0.1) is 0 Å². The Hall–Kier alpha value is -1.88. The molecule has 2 heterocycles. The van der Waals surface area contributed by atoms with Crippen LogP contribution in [0.5, 0.6) is 0 Å². The fourth-order valence-corrected chi connectivity index (χ4v) is 5.54. The number of nitrogens with two attached hydrogens (primary N) is 1. The van der Waals surface area contributed by atoms with Crippen molar-refractivity contribution in [3.63, 3.8) is 0 Å². The fraction of sp³-hybridized carbons (Fsp3) is 0.652. The van der Waals surface area contributed by atoms with Crippen LogP contribution in [-0.4, -0.2) is 54.3 Å².